The highest BCUT2D eigenvalue weighted by molar-refractivity contribution is 5.94. The molecule has 1 N–H and O–H groups in total. The second-order valence-electron chi connectivity index (χ2n) is 2.98. The molecule has 1 amide bonds. The third-order valence-corrected chi connectivity index (χ3v) is 1.85. The summed E-state index contributed by atoms with van der Waals surface area (Å²) < 4.78 is 5.02. The van der Waals surface area contributed by atoms with Gasteiger partial charge in [-0.2, -0.15) is 5.10 Å². The minimum absolute atomic E-state index is 0.264. The Morgan fingerprint density at radius 1 is 1.50 bits per heavy atom. The van der Waals surface area contributed by atoms with Crippen molar-refractivity contribution in [3.63, 3.8) is 0 Å². The number of amides is 1. The number of carbonyl (C=O) groups excluding carboxylic acids is 1. The van der Waals surface area contributed by atoms with Crippen LogP contribution >= 0.6 is 0 Å². The molecule has 0 aliphatic rings. The van der Waals surface area contributed by atoms with Crippen molar-refractivity contribution in [3.8, 4) is 5.75 Å². The van der Waals surface area contributed by atoms with E-state index in [1.807, 2.05) is 13.0 Å². The fourth-order valence-electron chi connectivity index (χ4n) is 1.05. The number of ether oxygens (including phenoxy) is 1. The first-order valence-electron chi connectivity index (χ1n) is 4.86. The number of benzene rings is 1. The number of carbonyl (C=O) groups is 1. The van der Waals surface area contributed by atoms with Crippen LogP contribution in [0.5, 0.6) is 5.75 Å². The van der Waals surface area contributed by atoms with E-state index in [0.29, 0.717) is 11.3 Å². The van der Waals surface area contributed by atoms with Gasteiger partial charge in [0.2, 0.25) is 0 Å². The number of hydrogen-bond donors (Lipinski definition) is 1. The van der Waals surface area contributed by atoms with Crippen LogP contribution in [0.15, 0.2) is 41.5 Å². The first-order valence-corrected chi connectivity index (χ1v) is 4.86. The molecule has 0 bridgehead atoms. The van der Waals surface area contributed by atoms with Crippen LogP contribution in [-0.4, -0.2) is 19.2 Å². The lowest BCUT2D eigenvalue weighted by Gasteiger charge is -2.02. The molecule has 0 aliphatic heterocycles. The van der Waals surface area contributed by atoms with Gasteiger partial charge < -0.3 is 4.74 Å². The smallest absolute Gasteiger partial charge is 0.271 e. The maximum absolute atomic E-state index is 11.6. The van der Waals surface area contributed by atoms with Gasteiger partial charge in [0.25, 0.3) is 5.91 Å². The van der Waals surface area contributed by atoms with Gasteiger partial charge in [-0.25, -0.2) is 5.43 Å². The highest BCUT2D eigenvalue weighted by Crippen LogP contribution is 2.12. The zero-order valence-electron chi connectivity index (χ0n) is 9.31. The lowest BCUT2D eigenvalue weighted by atomic mass is 10.2. The Bertz CT molecular complexity index is 411. The lowest BCUT2D eigenvalue weighted by Crippen LogP contribution is -2.17. The van der Waals surface area contributed by atoms with Crippen molar-refractivity contribution in [2.75, 3.05) is 7.11 Å². The van der Waals surface area contributed by atoms with Gasteiger partial charge in [-0.3, -0.25) is 4.79 Å². The van der Waals surface area contributed by atoms with E-state index < -0.39 is 0 Å². The number of allylic oxidation sites excluding steroid dienone is 2. The maximum atomic E-state index is 11.6. The molecule has 0 atom stereocenters. The van der Waals surface area contributed by atoms with E-state index in [1.54, 1.807) is 37.5 Å². The molecule has 0 spiro atoms. The van der Waals surface area contributed by atoms with Crippen LogP contribution in [0.25, 0.3) is 0 Å². The molecule has 1 aromatic rings. The van der Waals surface area contributed by atoms with E-state index in [0.717, 1.165) is 0 Å². The normalized spacial score (nSPS) is 10.9. The van der Waals surface area contributed by atoms with Crippen LogP contribution in [0, 0.1) is 0 Å². The number of rotatable bonds is 4. The topological polar surface area (TPSA) is 50.7 Å². The van der Waals surface area contributed by atoms with Crippen molar-refractivity contribution < 1.29 is 9.53 Å². The van der Waals surface area contributed by atoms with E-state index in [4.69, 9.17) is 4.74 Å². The largest absolute Gasteiger partial charge is 0.497 e. The Kier molecular flexibility index (Phi) is 4.79. The number of hydrogen-bond acceptors (Lipinski definition) is 3. The minimum Gasteiger partial charge on any atom is -0.497 e. The molecule has 4 heteroatoms. The molecule has 4 nitrogen and oxygen atoms in total. The average Bonchev–Trinajstić information content (AvgIpc) is 2.34. The van der Waals surface area contributed by atoms with Crippen molar-refractivity contribution in [2.45, 2.75) is 6.92 Å². The minimum atomic E-state index is -0.264. The predicted octanol–water partition coefficient (Wildman–Crippen LogP) is 1.99. The molecule has 84 valence electrons. The molecule has 0 saturated heterocycles. The van der Waals surface area contributed by atoms with Crippen LogP contribution in [0.2, 0.25) is 0 Å². The summed E-state index contributed by atoms with van der Waals surface area (Å²) in [5.41, 5.74) is 2.92. The number of hydrazone groups is 1. The van der Waals surface area contributed by atoms with E-state index in [2.05, 4.69) is 10.5 Å². The SMILES string of the molecule is C/C=C/C=N/NC(=O)c1cccc(OC)c1. The third kappa shape index (κ3) is 3.57. The first-order chi connectivity index (χ1) is 7.77. The lowest BCUT2D eigenvalue weighted by molar-refractivity contribution is 0.0955. The zero-order valence-corrected chi connectivity index (χ0v) is 9.31. The van der Waals surface area contributed by atoms with Crippen LogP contribution in [-0.2, 0) is 0 Å². The second kappa shape index (κ2) is 6.40. The van der Waals surface area contributed by atoms with Crippen LogP contribution in [0.1, 0.15) is 17.3 Å². The van der Waals surface area contributed by atoms with Gasteiger partial charge in [0, 0.05) is 11.8 Å². The Morgan fingerprint density at radius 3 is 3.00 bits per heavy atom. The summed E-state index contributed by atoms with van der Waals surface area (Å²) in [4.78, 5) is 11.6. The Morgan fingerprint density at radius 2 is 2.31 bits per heavy atom. The molecule has 0 fully saturated rings. The van der Waals surface area contributed by atoms with Crippen molar-refractivity contribution in [1.29, 1.82) is 0 Å². The maximum Gasteiger partial charge on any atom is 0.271 e. The molecule has 0 radical (unpaired) electrons. The van der Waals surface area contributed by atoms with Crippen molar-refractivity contribution in [1.82, 2.24) is 5.43 Å². The van der Waals surface area contributed by atoms with Gasteiger partial charge in [-0.05, 0) is 31.2 Å². The van der Waals surface area contributed by atoms with Gasteiger partial charge >= 0.3 is 0 Å². The van der Waals surface area contributed by atoms with Gasteiger partial charge in [0.15, 0.2) is 0 Å². The zero-order chi connectivity index (χ0) is 11.8. The van der Waals surface area contributed by atoms with E-state index in [9.17, 15) is 4.79 Å². The molecular weight excluding hydrogens is 204 g/mol. The fourth-order valence-corrected chi connectivity index (χ4v) is 1.05. The highest BCUT2D eigenvalue weighted by atomic mass is 16.5. The summed E-state index contributed by atoms with van der Waals surface area (Å²) in [5, 5.41) is 3.74. The molecule has 1 aromatic carbocycles. The fraction of sp³-hybridized carbons (Fsp3) is 0.167. The van der Waals surface area contributed by atoms with E-state index in [-0.39, 0.29) is 5.91 Å². The Hall–Kier alpha value is -2.10. The average molecular weight is 218 g/mol. The van der Waals surface area contributed by atoms with Crippen LogP contribution in [0.4, 0.5) is 0 Å². The summed E-state index contributed by atoms with van der Waals surface area (Å²) in [6, 6.07) is 6.88. The molecule has 0 aromatic heterocycles. The van der Waals surface area contributed by atoms with Crippen molar-refractivity contribution >= 4 is 12.1 Å². The van der Waals surface area contributed by atoms with Gasteiger partial charge in [0.05, 0.1) is 7.11 Å². The number of nitrogens with zero attached hydrogens (tertiary/aromatic N) is 1. The van der Waals surface area contributed by atoms with Crippen LogP contribution < -0.4 is 10.2 Å². The van der Waals surface area contributed by atoms with Gasteiger partial charge in [0.1, 0.15) is 5.75 Å². The van der Waals surface area contributed by atoms with Gasteiger partial charge in [-0.15, -0.1) is 0 Å². The molecule has 0 aliphatic carbocycles. The summed E-state index contributed by atoms with van der Waals surface area (Å²) in [6.07, 6.45) is 5.06. The molecule has 0 heterocycles. The van der Waals surface area contributed by atoms with Gasteiger partial charge in [-0.1, -0.05) is 12.1 Å². The molecule has 0 unspecified atom stereocenters. The summed E-state index contributed by atoms with van der Waals surface area (Å²) in [6.45, 7) is 1.87. The van der Waals surface area contributed by atoms with E-state index in [1.165, 1.54) is 6.21 Å². The first kappa shape index (κ1) is 12.0. The van der Waals surface area contributed by atoms with Crippen molar-refractivity contribution in [2.24, 2.45) is 5.10 Å². The third-order valence-electron chi connectivity index (χ3n) is 1.85. The quantitative estimate of drug-likeness (QED) is 0.620. The molecule has 0 saturated carbocycles. The Balaban J connectivity index is 2.65. The number of nitrogens with one attached hydrogen (secondary N) is 1. The predicted molar refractivity (Wildman–Crippen MR) is 63.8 cm³/mol. The summed E-state index contributed by atoms with van der Waals surface area (Å²) in [5.74, 6) is 0.379. The molecule has 1 rings (SSSR count). The van der Waals surface area contributed by atoms with E-state index >= 15 is 0 Å². The van der Waals surface area contributed by atoms with Crippen LogP contribution in [0.3, 0.4) is 0 Å². The Labute approximate surface area is 94.6 Å². The highest BCUT2D eigenvalue weighted by Gasteiger charge is 2.04. The monoisotopic (exact) mass is 218 g/mol. The summed E-state index contributed by atoms with van der Waals surface area (Å²) in [7, 11) is 1.56. The molecule has 16 heavy (non-hydrogen) atoms. The summed E-state index contributed by atoms with van der Waals surface area (Å²) >= 11 is 0. The second-order valence-corrected chi connectivity index (χ2v) is 2.98. The molecular formula is C12H14N2O2. The van der Waals surface area contributed by atoms with Crippen molar-refractivity contribution in [3.05, 3.63) is 42.0 Å². The standard InChI is InChI=1S/C12H14N2O2/c1-3-4-8-13-14-12(15)10-6-5-7-11(9-10)16-2/h3-9H,1-2H3,(H,14,15)/b4-3+,13-8+. The number of methoxy groups -OCH3 is 1.